The first-order chi connectivity index (χ1) is 10.4. The molecule has 2 heterocycles. The minimum absolute atomic E-state index is 0.0754. The van der Waals surface area contributed by atoms with Gasteiger partial charge in [0.2, 0.25) is 0 Å². The standard InChI is InChI=1S/C17H23N5/c1-17(2,3)16-12(9-18-21-16)10-22(4)11-15-19-13-7-5-6-8-14(13)20-15/h5-9H,10-11H2,1-4H3,(H,18,21)(H,19,20). The van der Waals surface area contributed by atoms with Crippen LogP contribution in [0.2, 0.25) is 0 Å². The van der Waals surface area contributed by atoms with Gasteiger partial charge in [0.1, 0.15) is 5.82 Å². The van der Waals surface area contributed by atoms with Crippen LogP contribution in [0.4, 0.5) is 0 Å². The van der Waals surface area contributed by atoms with Crippen molar-refractivity contribution >= 4 is 11.0 Å². The van der Waals surface area contributed by atoms with Crippen LogP contribution < -0.4 is 0 Å². The smallest absolute Gasteiger partial charge is 0.121 e. The molecule has 0 radical (unpaired) electrons. The number of hydrogen-bond acceptors (Lipinski definition) is 3. The Labute approximate surface area is 130 Å². The number of aromatic nitrogens is 4. The van der Waals surface area contributed by atoms with Crippen LogP contribution in [0.25, 0.3) is 11.0 Å². The number of fused-ring (bicyclic) bond motifs is 1. The molecule has 0 aliphatic heterocycles. The van der Waals surface area contributed by atoms with E-state index in [-0.39, 0.29) is 5.41 Å². The van der Waals surface area contributed by atoms with Crippen LogP contribution in [0.5, 0.6) is 0 Å². The van der Waals surface area contributed by atoms with Gasteiger partial charge in [-0.2, -0.15) is 5.10 Å². The second-order valence-corrected chi connectivity index (χ2v) is 6.89. The Kier molecular flexibility index (Phi) is 3.74. The van der Waals surface area contributed by atoms with Crippen molar-refractivity contribution in [3.05, 3.63) is 47.5 Å². The fraction of sp³-hybridized carbons (Fsp3) is 0.412. The van der Waals surface area contributed by atoms with E-state index in [9.17, 15) is 0 Å². The third kappa shape index (κ3) is 3.04. The lowest BCUT2D eigenvalue weighted by atomic mass is 9.89. The average molecular weight is 297 g/mol. The summed E-state index contributed by atoms with van der Waals surface area (Å²) in [6.07, 6.45) is 1.93. The molecule has 3 aromatic rings. The van der Waals surface area contributed by atoms with Crippen LogP contribution in [0.1, 0.15) is 37.9 Å². The molecule has 2 N–H and O–H groups in total. The van der Waals surface area contributed by atoms with E-state index in [4.69, 9.17) is 0 Å². The van der Waals surface area contributed by atoms with Crippen LogP contribution in [-0.2, 0) is 18.5 Å². The van der Waals surface area contributed by atoms with Crippen molar-refractivity contribution < 1.29 is 0 Å². The van der Waals surface area contributed by atoms with Gasteiger partial charge in [-0.1, -0.05) is 32.9 Å². The van der Waals surface area contributed by atoms with Crippen LogP contribution in [0.15, 0.2) is 30.5 Å². The summed E-state index contributed by atoms with van der Waals surface area (Å²) in [6.45, 7) is 8.22. The molecular weight excluding hydrogens is 274 g/mol. The first kappa shape index (κ1) is 14.8. The maximum atomic E-state index is 4.63. The van der Waals surface area contributed by atoms with Crippen molar-refractivity contribution in [1.29, 1.82) is 0 Å². The number of imidazole rings is 1. The molecule has 22 heavy (non-hydrogen) atoms. The SMILES string of the molecule is CN(Cc1nc2ccccc2[nH]1)Cc1cn[nH]c1C(C)(C)C. The van der Waals surface area contributed by atoms with Gasteiger partial charge >= 0.3 is 0 Å². The van der Waals surface area contributed by atoms with Crippen molar-refractivity contribution in [1.82, 2.24) is 25.1 Å². The van der Waals surface area contributed by atoms with E-state index >= 15 is 0 Å². The molecule has 5 heteroatoms. The number of nitrogens with one attached hydrogen (secondary N) is 2. The average Bonchev–Trinajstić information content (AvgIpc) is 3.03. The van der Waals surface area contributed by atoms with Gasteiger partial charge in [0.15, 0.2) is 0 Å². The number of benzene rings is 1. The van der Waals surface area contributed by atoms with Crippen LogP contribution in [-0.4, -0.2) is 32.1 Å². The number of rotatable bonds is 4. The fourth-order valence-corrected chi connectivity index (χ4v) is 2.76. The van der Waals surface area contributed by atoms with E-state index < -0.39 is 0 Å². The highest BCUT2D eigenvalue weighted by atomic mass is 15.2. The number of H-pyrrole nitrogens is 2. The highest BCUT2D eigenvalue weighted by Crippen LogP contribution is 2.24. The largest absolute Gasteiger partial charge is 0.341 e. The summed E-state index contributed by atoms with van der Waals surface area (Å²) < 4.78 is 0. The minimum atomic E-state index is 0.0754. The molecule has 0 unspecified atom stereocenters. The third-order valence-electron chi connectivity index (χ3n) is 3.77. The molecule has 1 aromatic carbocycles. The topological polar surface area (TPSA) is 60.6 Å². The Bertz CT molecular complexity index is 730. The van der Waals surface area contributed by atoms with Gasteiger partial charge < -0.3 is 4.98 Å². The van der Waals surface area contributed by atoms with Gasteiger partial charge in [0.25, 0.3) is 0 Å². The quantitative estimate of drug-likeness (QED) is 0.777. The Morgan fingerprint density at radius 2 is 1.91 bits per heavy atom. The zero-order valence-corrected chi connectivity index (χ0v) is 13.6. The van der Waals surface area contributed by atoms with Gasteiger partial charge in [0.05, 0.1) is 23.8 Å². The van der Waals surface area contributed by atoms with Crippen LogP contribution in [0, 0.1) is 0 Å². The highest BCUT2D eigenvalue weighted by molar-refractivity contribution is 5.74. The van der Waals surface area contributed by atoms with Crippen molar-refractivity contribution in [3.63, 3.8) is 0 Å². The molecule has 0 atom stereocenters. The molecule has 3 rings (SSSR count). The second-order valence-electron chi connectivity index (χ2n) is 6.89. The van der Waals surface area contributed by atoms with Gasteiger partial charge in [-0.25, -0.2) is 4.98 Å². The molecule has 0 fully saturated rings. The van der Waals surface area contributed by atoms with Crippen molar-refractivity contribution in [2.24, 2.45) is 0 Å². The minimum Gasteiger partial charge on any atom is -0.341 e. The van der Waals surface area contributed by atoms with E-state index in [2.05, 4.69) is 59.0 Å². The predicted molar refractivity (Wildman–Crippen MR) is 88.6 cm³/mol. The Balaban J connectivity index is 1.72. The monoisotopic (exact) mass is 297 g/mol. The molecule has 0 saturated heterocycles. The molecule has 2 aromatic heterocycles. The van der Waals surface area contributed by atoms with Gasteiger partial charge in [-0.15, -0.1) is 0 Å². The summed E-state index contributed by atoms with van der Waals surface area (Å²) >= 11 is 0. The maximum Gasteiger partial charge on any atom is 0.121 e. The molecule has 0 aliphatic rings. The summed E-state index contributed by atoms with van der Waals surface area (Å²) in [4.78, 5) is 10.3. The van der Waals surface area contributed by atoms with E-state index in [1.54, 1.807) is 0 Å². The zero-order chi connectivity index (χ0) is 15.7. The first-order valence-electron chi connectivity index (χ1n) is 7.58. The predicted octanol–water partition coefficient (Wildman–Crippen LogP) is 3.22. The summed E-state index contributed by atoms with van der Waals surface area (Å²) in [5.41, 5.74) is 4.62. The lowest BCUT2D eigenvalue weighted by Crippen LogP contribution is -2.21. The molecular formula is C17H23N5. The van der Waals surface area contributed by atoms with E-state index in [0.717, 1.165) is 29.9 Å². The molecule has 0 spiro atoms. The van der Waals surface area contributed by atoms with Crippen molar-refractivity contribution in [2.75, 3.05) is 7.05 Å². The lowest BCUT2D eigenvalue weighted by Gasteiger charge is -2.21. The van der Waals surface area contributed by atoms with Gasteiger partial charge in [-0.05, 0) is 19.2 Å². The number of aromatic amines is 2. The molecule has 5 nitrogen and oxygen atoms in total. The highest BCUT2D eigenvalue weighted by Gasteiger charge is 2.20. The van der Waals surface area contributed by atoms with Gasteiger partial charge in [-0.3, -0.25) is 10.00 Å². The second kappa shape index (κ2) is 5.57. The summed E-state index contributed by atoms with van der Waals surface area (Å²) in [5, 5.41) is 7.34. The molecule has 0 bridgehead atoms. The normalized spacial score (nSPS) is 12.4. The van der Waals surface area contributed by atoms with E-state index in [0.29, 0.717) is 0 Å². The number of hydrogen-bond donors (Lipinski definition) is 2. The lowest BCUT2D eigenvalue weighted by molar-refractivity contribution is 0.309. The first-order valence-corrected chi connectivity index (χ1v) is 7.58. The van der Waals surface area contributed by atoms with Crippen molar-refractivity contribution in [3.8, 4) is 0 Å². The van der Waals surface area contributed by atoms with Crippen LogP contribution >= 0.6 is 0 Å². The zero-order valence-electron chi connectivity index (χ0n) is 13.6. The molecule has 0 aliphatic carbocycles. The third-order valence-corrected chi connectivity index (χ3v) is 3.77. The van der Waals surface area contributed by atoms with Crippen molar-refractivity contribution in [2.45, 2.75) is 39.3 Å². The summed E-state index contributed by atoms with van der Waals surface area (Å²) in [6, 6.07) is 8.12. The Hall–Kier alpha value is -2.14. The summed E-state index contributed by atoms with van der Waals surface area (Å²) in [5.74, 6) is 0.990. The number of para-hydroxylation sites is 2. The fourth-order valence-electron chi connectivity index (χ4n) is 2.76. The molecule has 116 valence electrons. The summed E-state index contributed by atoms with van der Waals surface area (Å²) in [7, 11) is 2.10. The van der Waals surface area contributed by atoms with E-state index in [1.165, 1.54) is 11.3 Å². The van der Waals surface area contributed by atoms with Gasteiger partial charge in [0, 0.05) is 23.2 Å². The molecule has 0 saturated carbocycles. The Morgan fingerprint density at radius 1 is 1.14 bits per heavy atom. The molecule has 0 amide bonds. The van der Waals surface area contributed by atoms with E-state index in [1.807, 2.05) is 24.4 Å². The maximum absolute atomic E-state index is 4.63. The number of nitrogens with zero attached hydrogens (tertiary/aromatic N) is 3. The van der Waals surface area contributed by atoms with Crippen LogP contribution in [0.3, 0.4) is 0 Å². The Morgan fingerprint density at radius 3 is 2.64 bits per heavy atom.